The summed E-state index contributed by atoms with van der Waals surface area (Å²) in [5.41, 5.74) is 11.7. The molecule has 0 aromatic heterocycles. The highest BCUT2D eigenvalue weighted by atomic mass is 32.2. The molecular weight excluding hydrogens is 1450 g/mol. The van der Waals surface area contributed by atoms with Gasteiger partial charge in [0.2, 0.25) is 21.3 Å². The van der Waals surface area contributed by atoms with Gasteiger partial charge in [-0.05, 0) is 233 Å². The van der Waals surface area contributed by atoms with Crippen molar-refractivity contribution in [2.75, 3.05) is 50.2 Å². The van der Waals surface area contributed by atoms with Gasteiger partial charge in [0.15, 0.2) is 26.4 Å². The zero-order valence-corrected chi connectivity index (χ0v) is 60.6. The largest absolute Gasteiger partial charge is 0.484 e. The summed E-state index contributed by atoms with van der Waals surface area (Å²) >= 11 is 2.69. The Morgan fingerprint density at radius 2 is 0.560 bits per heavy atom. The average molecular weight is 1520 g/mol. The molecular formula is C77H69N17O12S3. The lowest BCUT2D eigenvalue weighted by Gasteiger charge is -2.19. The van der Waals surface area contributed by atoms with E-state index in [1.165, 1.54) is 0 Å². The topological polar surface area (TPSA) is 442 Å². The van der Waals surface area contributed by atoms with E-state index >= 15 is 0 Å². The Labute approximate surface area is 638 Å². The van der Waals surface area contributed by atoms with Crippen LogP contribution in [0.5, 0.6) is 23.0 Å². The summed E-state index contributed by atoms with van der Waals surface area (Å²) in [6.07, 6.45) is 0.876. The summed E-state index contributed by atoms with van der Waals surface area (Å²) in [6, 6.07) is 56.8. The molecule has 0 fully saturated rings. The number of amides is 5. The molecule has 0 radical (unpaired) electrons. The van der Waals surface area contributed by atoms with Gasteiger partial charge < -0.3 is 45.9 Å². The molecule has 109 heavy (non-hydrogen) atoms. The number of carbonyl (C=O) groups excluding carboxylic acids is 8. The zero-order valence-electron chi connectivity index (χ0n) is 58.2. The van der Waals surface area contributed by atoms with E-state index in [2.05, 4.69) is 62.2 Å². The standard InChI is InChI=1S/C77H69N17O12S3/c78-42-51-7-15-55(16-8-51)87-91-59-23-31-63(32-24-59)103-47-70(95)83-46-74(99)107-39-2-5-68(85-72(97)49-105-65-35-27-61(28-36-65)93-89-57-19-11-53(44-80)12-20-57)76(101)109-41-3-6-69(86-73(98)50-106-66-37-29-62(30-38-66)94-90-58-21-13-54(45-81)14-22-58)77(102)108-40-1-4-67(75(82)100)84-71(96)48-104-64-33-25-60(26-34-64)92-88-56-17-9-52(43-79)10-18-56/h7-38,67-69H,1-6,39-41,46-50H2,(H2,82,100)(H,83,95)(H,84,96)(H,85,97)(H,86,98)/t67-,68-,69-/m0/s1. The molecule has 0 bridgehead atoms. The van der Waals surface area contributed by atoms with E-state index in [0.717, 1.165) is 35.3 Å². The maximum absolute atomic E-state index is 14.1. The first kappa shape index (κ1) is 81.4. The van der Waals surface area contributed by atoms with E-state index in [-0.39, 0.29) is 74.1 Å². The molecule has 0 spiro atoms. The third-order valence-corrected chi connectivity index (χ3v) is 18.0. The number of rotatable bonds is 40. The van der Waals surface area contributed by atoms with E-state index in [1.807, 2.05) is 24.3 Å². The predicted octanol–water partition coefficient (Wildman–Crippen LogP) is 13.6. The van der Waals surface area contributed by atoms with Crippen LogP contribution in [0.15, 0.2) is 235 Å². The number of nitrogens with zero attached hydrogens (tertiary/aromatic N) is 12. The lowest BCUT2D eigenvalue weighted by atomic mass is 10.1. The molecule has 8 aromatic rings. The normalized spacial score (nSPS) is 11.8. The maximum Gasteiger partial charge on any atom is 0.258 e. The second-order valence-corrected chi connectivity index (χ2v) is 26.4. The SMILES string of the molecule is N#Cc1ccc(N=Nc2ccc(OCC(=O)NCC(=O)SCCC[C@H](NC(=O)COc3ccc(N=Nc4ccc(C#N)cc4)cc3)C(=O)SCCC[C@H](NC(=O)COc3ccc(N=Nc4ccc(C#N)cc4)cc3)C(=O)SCCC[C@H](NC(=O)COc3ccc(N=Nc4ccc(C#N)cc4)cc3)C(N)=O)cc2)cc1. The van der Waals surface area contributed by atoms with Crippen LogP contribution in [0.3, 0.4) is 0 Å². The quantitative estimate of drug-likeness (QED) is 0.0176. The monoisotopic (exact) mass is 1520 g/mol. The van der Waals surface area contributed by atoms with Gasteiger partial charge in [-0.1, -0.05) is 35.3 Å². The van der Waals surface area contributed by atoms with Crippen LogP contribution in [0.4, 0.5) is 45.5 Å². The van der Waals surface area contributed by atoms with Crippen molar-refractivity contribution in [3.63, 3.8) is 0 Å². The molecule has 8 rings (SSSR count). The molecule has 8 aromatic carbocycles. The van der Waals surface area contributed by atoms with Crippen LogP contribution in [-0.4, -0.2) is 113 Å². The van der Waals surface area contributed by atoms with Crippen molar-refractivity contribution in [2.45, 2.75) is 56.7 Å². The van der Waals surface area contributed by atoms with E-state index in [4.69, 9.17) is 45.7 Å². The Balaban J connectivity index is 0.836. The number of carbonyl (C=O) groups is 8. The number of benzene rings is 8. The molecule has 6 N–H and O–H groups in total. The summed E-state index contributed by atoms with van der Waals surface area (Å²) in [6.45, 7) is -2.14. The smallest absolute Gasteiger partial charge is 0.258 e. The summed E-state index contributed by atoms with van der Waals surface area (Å²) < 4.78 is 22.7. The Morgan fingerprint density at radius 1 is 0.330 bits per heavy atom. The van der Waals surface area contributed by atoms with Gasteiger partial charge in [0, 0.05) is 17.3 Å². The Morgan fingerprint density at radius 3 is 0.817 bits per heavy atom. The number of nitrogens with one attached hydrogen (secondary N) is 4. The number of primary amides is 1. The Hall–Kier alpha value is -13.3. The predicted molar refractivity (Wildman–Crippen MR) is 407 cm³/mol. The molecule has 0 saturated heterocycles. The van der Waals surface area contributed by atoms with Crippen molar-refractivity contribution in [2.24, 2.45) is 46.6 Å². The van der Waals surface area contributed by atoms with Gasteiger partial charge >= 0.3 is 0 Å². The van der Waals surface area contributed by atoms with Gasteiger partial charge in [0.05, 0.1) is 111 Å². The highest BCUT2D eigenvalue weighted by molar-refractivity contribution is 8.14. The molecule has 0 aliphatic rings. The molecule has 3 atom stereocenters. The van der Waals surface area contributed by atoms with Gasteiger partial charge in [0.25, 0.3) is 23.6 Å². The van der Waals surface area contributed by atoms with Crippen molar-refractivity contribution in [3.05, 3.63) is 216 Å². The molecule has 0 heterocycles. The van der Waals surface area contributed by atoms with Crippen molar-refractivity contribution in [1.29, 1.82) is 21.0 Å². The van der Waals surface area contributed by atoms with Crippen LogP contribution < -0.4 is 45.9 Å². The van der Waals surface area contributed by atoms with E-state index in [1.54, 1.807) is 194 Å². The molecule has 0 aliphatic heterocycles. The number of ether oxygens (including phenoxy) is 4. The van der Waals surface area contributed by atoms with Gasteiger partial charge in [-0.25, -0.2) is 0 Å². The molecule has 0 aliphatic carbocycles. The van der Waals surface area contributed by atoms with Crippen molar-refractivity contribution in [1.82, 2.24) is 21.3 Å². The van der Waals surface area contributed by atoms with Gasteiger partial charge in [-0.3, -0.25) is 38.4 Å². The lowest BCUT2D eigenvalue weighted by molar-refractivity contribution is -0.128. The van der Waals surface area contributed by atoms with Crippen molar-refractivity contribution >= 4 is 126 Å². The summed E-state index contributed by atoms with van der Waals surface area (Å²) in [4.78, 5) is 106. The molecule has 5 amide bonds. The van der Waals surface area contributed by atoms with Crippen LogP contribution in [-0.2, 0) is 38.4 Å². The maximum atomic E-state index is 14.1. The number of hydrogen-bond donors (Lipinski definition) is 5. The van der Waals surface area contributed by atoms with E-state index in [9.17, 15) is 38.4 Å². The van der Waals surface area contributed by atoms with Crippen LogP contribution in [0.2, 0.25) is 0 Å². The Kier molecular flexibility index (Phi) is 33.2. The van der Waals surface area contributed by atoms with Gasteiger partial charge in [-0.15, -0.1) is 0 Å². The molecule has 32 heteroatoms. The first-order valence-electron chi connectivity index (χ1n) is 33.5. The molecule has 0 saturated carbocycles. The lowest BCUT2D eigenvalue weighted by Crippen LogP contribution is -2.46. The van der Waals surface area contributed by atoms with E-state index < -0.39 is 77.7 Å². The fourth-order valence-corrected chi connectivity index (χ4v) is 11.8. The highest BCUT2D eigenvalue weighted by Gasteiger charge is 2.26. The number of nitriles is 4. The molecule has 552 valence electrons. The third-order valence-electron chi connectivity index (χ3n) is 14.9. The number of thioether (sulfide) groups is 3. The van der Waals surface area contributed by atoms with Crippen LogP contribution in [0.1, 0.15) is 60.8 Å². The van der Waals surface area contributed by atoms with Gasteiger partial charge in [0.1, 0.15) is 29.0 Å². The summed E-state index contributed by atoms with van der Waals surface area (Å²) in [7, 11) is 0. The minimum absolute atomic E-state index is 0.0491. The number of azo groups is 4. The number of hydrogen-bond acceptors (Lipinski definition) is 27. The third kappa shape index (κ3) is 30.0. The zero-order chi connectivity index (χ0) is 77.4. The highest BCUT2D eigenvalue weighted by Crippen LogP contribution is 2.28. The van der Waals surface area contributed by atoms with Crippen molar-refractivity contribution in [3.8, 4) is 47.3 Å². The van der Waals surface area contributed by atoms with Crippen molar-refractivity contribution < 1.29 is 57.3 Å². The first-order chi connectivity index (χ1) is 53.0. The van der Waals surface area contributed by atoms with Crippen LogP contribution in [0, 0.1) is 45.3 Å². The first-order valence-corrected chi connectivity index (χ1v) is 36.5. The minimum Gasteiger partial charge on any atom is -0.484 e. The van der Waals surface area contributed by atoms with Crippen LogP contribution in [0.25, 0.3) is 0 Å². The van der Waals surface area contributed by atoms with E-state index in [0.29, 0.717) is 90.8 Å². The van der Waals surface area contributed by atoms with Crippen LogP contribution >= 0.6 is 35.3 Å². The molecule has 0 unspecified atom stereocenters. The average Bonchev–Trinajstić information content (AvgIpc) is 0.886. The Bertz CT molecular complexity index is 4720. The summed E-state index contributed by atoms with van der Waals surface area (Å²) in [5.74, 6) is -1.49. The fourth-order valence-electron chi connectivity index (χ4n) is 9.26. The summed E-state index contributed by atoms with van der Waals surface area (Å²) in [5, 5.41) is 79.0. The minimum atomic E-state index is -1.12. The second-order valence-electron chi connectivity index (χ2n) is 23.1. The fraction of sp³-hybridized carbons (Fsp3) is 0.221. The van der Waals surface area contributed by atoms with Gasteiger partial charge in [-0.2, -0.15) is 62.0 Å². The second kappa shape index (κ2) is 44.5. The molecule has 29 nitrogen and oxygen atoms in total. The number of nitrogens with two attached hydrogens (primary N) is 1.